The second-order valence-electron chi connectivity index (χ2n) is 3.12. The Hall–Kier alpha value is -1.27. The van der Waals surface area contributed by atoms with Crippen molar-refractivity contribution in [3.63, 3.8) is 0 Å². The number of non-ortho nitro benzene ring substituents is 1. The van der Waals surface area contributed by atoms with Gasteiger partial charge in [0, 0.05) is 17.9 Å². The van der Waals surface area contributed by atoms with Crippen LogP contribution in [0.25, 0.3) is 0 Å². The minimum absolute atomic E-state index is 0.0383. The molecule has 15 heavy (non-hydrogen) atoms. The lowest BCUT2D eigenvalue weighted by molar-refractivity contribution is -0.385. The van der Waals surface area contributed by atoms with Crippen molar-refractivity contribution < 1.29 is 14.8 Å². The first-order valence-electron chi connectivity index (χ1n) is 4.39. The molecule has 0 aliphatic carbocycles. The highest BCUT2D eigenvalue weighted by Crippen LogP contribution is 2.37. The molecule has 80 valence electrons. The van der Waals surface area contributed by atoms with E-state index in [1.165, 1.54) is 23.9 Å². The first-order chi connectivity index (χ1) is 7.20. The van der Waals surface area contributed by atoms with Crippen molar-refractivity contribution in [2.45, 2.75) is 11.0 Å². The minimum Gasteiger partial charge on any atom is -0.486 e. The van der Waals surface area contributed by atoms with Gasteiger partial charge in [0.25, 0.3) is 5.69 Å². The molecule has 1 aliphatic rings. The highest BCUT2D eigenvalue weighted by molar-refractivity contribution is 7.99. The monoisotopic (exact) mass is 227 g/mol. The fourth-order valence-electron chi connectivity index (χ4n) is 1.31. The van der Waals surface area contributed by atoms with Crippen LogP contribution in [0.15, 0.2) is 23.1 Å². The molecule has 1 heterocycles. The highest BCUT2D eigenvalue weighted by Gasteiger charge is 2.21. The van der Waals surface area contributed by atoms with Gasteiger partial charge in [-0.15, -0.1) is 11.8 Å². The zero-order valence-corrected chi connectivity index (χ0v) is 8.57. The molecule has 0 saturated carbocycles. The zero-order valence-electron chi connectivity index (χ0n) is 7.75. The predicted molar refractivity (Wildman–Crippen MR) is 55.3 cm³/mol. The van der Waals surface area contributed by atoms with Gasteiger partial charge >= 0.3 is 0 Å². The Morgan fingerprint density at radius 2 is 2.47 bits per heavy atom. The third kappa shape index (κ3) is 2.05. The molecule has 0 aromatic heterocycles. The Morgan fingerprint density at radius 1 is 1.67 bits per heavy atom. The summed E-state index contributed by atoms with van der Waals surface area (Å²) in [7, 11) is 0. The number of nitro benzene ring substituents is 1. The first kappa shape index (κ1) is 10.3. The van der Waals surface area contributed by atoms with Crippen LogP contribution < -0.4 is 4.74 Å². The molecule has 0 spiro atoms. The van der Waals surface area contributed by atoms with Crippen molar-refractivity contribution in [3.8, 4) is 5.75 Å². The number of aliphatic hydroxyl groups excluding tert-OH is 1. The van der Waals surface area contributed by atoms with E-state index in [1.807, 2.05) is 0 Å². The van der Waals surface area contributed by atoms with Crippen molar-refractivity contribution in [1.29, 1.82) is 0 Å². The topological polar surface area (TPSA) is 72.6 Å². The van der Waals surface area contributed by atoms with Crippen LogP contribution >= 0.6 is 11.8 Å². The van der Waals surface area contributed by atoms with E-state index in [0.29, 0.717) is 11.5 Å². The maximum atomic E-state index is 10.5. The van der Waals surface area contributed by atoms with Crippen LogP contribution in [0.4, 0.5) is 5.69 Å². The Balaban J connectivity index is 2.28. The molecule has 0 fully saturated rings. The number of fused-ring (bicyclic) bond motifs is 1. The molecule has 1 aliphatic heterocycles. The van der Waals surface area contributed by atoms with E-state index in [2.05, 4.69) is 0 Å². The summed E-state index contributed by atoms with van der Waals surface area (Å²) in [5, 5.41) is 19.4. The summed E-state index contributed by atoms with van der Waals surface area (Å²) in [6.45, 7) is -0.0383. The van der Waals surface area contributed by atoms with Gasteiger partial charge in [0.05, 0.1) is 16.4 Å². The molecule has 6 heteroatoms. The normalized spacial score (nSPS) is 19.1. The van der Waals surface area contributed by atoms with Crippen LogP contribution in [-0.2, 0) is 0 Å². The lowest BCUT2D eigenvalue weighted by Crippen LogP contribution is -2.26. The van der Waals surface area contributed by atoms with Gasteiger partial charge in [-0.05, 0) is 6.07 Å². The number of nitrogens with zero attached hydrogens (tertiary/aromatic N) is 1. The van der Waals surface area contributed by atoms with Crippen LogP contribution in [0.5, 0.6) is 5.75 Å². The number of aliphatic hydroxyl groups is 1. The smallest absolute Gasteiger partial charge is 0.270 e. The van der Waals surface area contributed by atoms with E-state index in [-0.39, 0.29) is 18.4 Å². The van der Waals surface area contributed by atoms with Crippen LogP contribution in [0, 0.1) is 10.1 Å². The number of hydrogen-bond acceptors (Lipinski definition) is 5. The number of hydrogen-bond donors (Lipinski definition) is 1. The molecule has 1 aromatic rings. The van der Waals surface area contributed by atoms with E-state index < -0.39 is 4.92 Å². The quantitative estimate of drug-likeness (QED) is 0.611. The standard InChI is InChI=1S/C9H9NO4S/c11-4-7-5-15-9-3-6(10(12)13)1-2-8(9)14-7/h1-3,7,11H,4-5H2. The third-order valence-corrected chi connectivity index (χ3v) is 3.23. The largest absolute Gasteiger partial charge is 0.486 e. The van der Waals surface area contributed by atoms with Crippen LogP contribution in [0.1, 0.15) is 0 Å². The van der Waals surface area contributed by atoms with Gasteiger partial charge in [-0.2, -0.15) is 0 Å². The van der Waals surface area contributed by atoms with Crippen molar-refractivity contribution in [2.75, 3.05) is 12.4 Å². The average molecular weight is 227 g/mol. The molecule has 0 bridgehead atoms. The highest BCUT2D eigenvalue weighted by atomic mass is 32.2. The summed E-state index contributed by atoms with van der Waals surface area (Å²) in [6.07, 6.45) is -0.219. The van der Waals surface area contributed by atoms with E-state index in [4.69, 9.17) is 9.84 Å². The molecular formula is C9H9NO4S. The Labute approximate surface area is 90.2 Å². The van der Waals surface area contributed by atoms with E-state index in [9.17, 15) is 10.1 Å². The SMILES string of the molecule is O=[N+]([O-])c1ccc2c(c1)SCC(CO)O2. The lowest BCUT2D eigenvalue weighted by Gasteiger charge is -2.23. The van der Waals surface area contributed by atoms with Gasteiger partial charge in [0.15, 0.2) is 0 Å². The number of benzene rings is 1. The molecule has 0 radical (unpaired) electrons. The molecular weight excluding hydrogens is 218 g/mol. The molecule has 1 atom stereocenters. The summed E-state index contributed by atoms with van der Waals surface area (Å²) in [5.74, 6) is 1.22. The van der Waals surface area contributed by atoms with Crippen molar-refractivity contribution in [2.24, 2.45) is 0 Å². The first-order valence-corrected chi connectivity index (χ1v) is 5.38. The van der Waals surface area contributed by atoms with Crippen LogP contribution in [0.3, 0.4) is 0 Å². The summed E-state index contributed by atoms with van der Waals surface area (Å²) < 4.78 is 5.42. The van der Waals surface area contributed by atoms with Crippen LogP contribution in [-0.4, -0.2) is 28.5 Å². The van der Waals surface area contributed by atoms with Crippen molar-refractivity contribution in [3.05, 3.63) is 28.3 Å². The van der Waals surface area contributed by atoms with E-state index >= 15 is 0 Å². The predicted octanol–water partition coefficient (Wildman–Crippen LogP) is 1.44. The van der Waals surface area contributed by atoms with Gasteiger partial charge in [-0.1, -0.05) is 0 Å². The number of rotatable bonds is 2. The fourth-order valence-corrected chi connectivity index (χ4v) is 2.31. The molecule has 5 nitrogen and oxygen atoms in total. The third-order valence-electron chi connectivity index (χ3n) is 2.06. The number of ether oxygens (including phenoxy) is 1. The minimum atomic E-state index is -0.432. The van der Waals surface area contributed by atoms with Gasteiger partial charge < -0.3 is 9.84 Å². The molecule has 2 rings (SSSR count). The summed E-state index contributed by atoms with van der Waals surface area (Å²) >= 11 is 1.46. The summed E-state index contributed by atoms with van der Waals surface area (Å²) in [6, 6.07) is 4.47. The average Bonchev–Trinajstić information content (AvgIpc) is 2.27. The Kier molecular flexibility index (Phi) is 2.79. The maximum absolute atomic E-state index is 10.5. The fraction of sp³-hybridized carbons (Fsp3) is 0.333. The van der Waals surface area contributed by atoms with Gasteiger partial charge in [0.1, 0.15) is 11.9 Å². The maximum Gasteiger partial charge on any atom is 0.270 e. The van der Waals surface area contributed by atoms with Crippen LogP contribution in [0.2, 0.25) is 0 Å². The van der Waals surface area contributed by atoms with Gasteiger partial charge in [-0.25, -0.2) is 0 Å². The second-order valence-corrected chi connectivity index (χ2v) is 4.18. The molecule has 0 amide bonds. The Morgan fingerprint density at radius 3 is 3.13 bits per heavy atom. The summed E-state index contributed by atoms with van der Waals surface area (Å²) in [5.41, 5.74) is 0.0623. The zero-order chi connectivity index (χ0) is 10.8. The van der Waals surface area contributed by atoms with E-state index in [1.54, 1.807) is 6.07 Å². The molecule has 1 N–H and O–H groups in total. The van der Waals surface area contributed by atoms with Gasteiger partial charge in [-0.3, -0.25) is 10.1 Å². The Bertz CT molecular complexity index is 396. The lowest BCUT2D eigenvalue weighted by atomic mass is 10.3. The molecule has 0 saturated heterocycles. The molecule has 1 unspecified atom stereocenters. The summed E-state index contributed by atoms with van der Waals surface area (Å²) in [4.78, 5) is 10.8. The number of nitro groups is 1. The number of thioether (sulfide) groups is 1. The molecule has 1 aromatic carbocycles. The van der Waals surface area contributed by atoms with Gasteiger partial charge in [0.2, 0.25) is 0 Å². The van der Waals surface area contributed by atoms with Crippen molar-refractivity contribution in [1.82, 2.24) is 0 Å². The van der Waals surface area contributed by atoms with E-state index in [0.717, 1.165) is 4.90 Å². The van der Waals surface area contributed by atoms with Crippen molar-refractivity contribution >= 4 is 17.4 Å². The second kappa shape index (κ2) is 4.08.